The number of aliphatic carboxylic acids is 2. The third-order valence-electron chi connectivity index (χ3n) is 2.85. The van der Waals surface area contributed by atoms with Crippen LogP contribution in [-0.4, -0.2) is 52.2 Å². The summed E-state index contributed by atoms with van der Waals surface area (Å²) in [4.78, 5) is 34.4. The van der Waals surface area contributed by atoms with E-state index in [1.807, 2.05) is 6.07 Å². The van der Waals surface area contributed by atoms with E-state index in [0.717, 1.165) is 0 Å². The summed E-state index contributed by atoms with van der Waals surface area (Å²) in [6.45, 7) is 1.67. The summed E-state index contributed by atoms with van der Waals surface area (Å²) in [5.41, 5.74) is 0. The molecule has 0 aliphatic heterocycles. The summed E-state index contributed by atoms with van der Waals surface area (Å²) >= 11 is 0. The van der Waals surface area contributed by atoms with Crippen molar-refractivity contribution in [1.82, 2.24) is 10.2 Å². The number of carboxylic acid groups (broad SMARTS) is 2. The maximum Gasteiger partial charge on any atom is 0.326 e. The van der Waals surface area contributed by atoms with Crippen molar-refractivity contribution in [3.05, 3.63) is 0 Å². The second-order valence-corrected chi connectivity index (χ2v) is 4.45. The van der Waals surface area contributed by atoms with Crippen LogP contribution in [0.4, 0.5) is 4.79 Å². The number of carbonyl (C=O) groups is 3. The third-order valence-corrected chi connectivity index (χ3v) is 2.85. The van der Waals surface area contributed by atoms with Gasteiger partial charge in [-0.15, -0.1) is 0 Å². The van der Waals surface area contributed by atoms with Crippen LogP contribution in [0, 0.1) is 11.3 Å². The highest BCUT2D eigenvalue weighted by molar-refractivity contribution is 5.82. The topological polar surface area (TPSA) is 131 Å². The molecule has 1 unspecified atom stereocenters. The van der Waals surface area contributed by atoms with Crippen molar-refractivity contribution >= 4 is 18.0 Å². The molecule has 0 aromatic heterocycles. The zero-order valence-electron chi connectivity index (χ0n) is 11.5. The fourth-order valence-electron chi connectivity index (χ4n) is 1.43. The van der Waals surface area contributed by atoms with E-state index in [9.17, 15) is 14.4 Å². The summed E-state index contributed by atoms with van der Waals surface area (Å²) in [5, 5.41) is 28.3. The first-order chi connectivity index (χ1) is 9.29. The lowest BCUT2D eigenvalue weighted by Crippen LogP contribution is -2.49. The Balaban J connectivity index is 4.44. The van der Waals surface area contributed by atoms with Gasteiger partial charge in [-0.05, 0) is 19.8 Å². The van der Waals surface area contributed by atoms with E-state index in [0.29, 0.717) is 0 Å². The summed E-state index contributed by atoms with van der Waals surface area (Å²) in [7, 11) is 1.47. The van der Waals surface area contributed by atoms with Gasteiger partial charge in [0.25, 0.3) is 0 Å². The van der Waals surface area contributed by atoms with Crippen molar-refractivity contribution in [2.24, 2.45) is 0 Å². The van der Waals surface area contributed by atoms with E-state index in [-0.39, 0.29) is 31.7 Å². The molecule has 0 aliphatic carbocycles. The lowest BCUT2D eigenvalue weighted by molar-refractivity contribution is -0.140. The van der Waals surface area contributed by atoms with Gasteiger partial charge >= 0.3 is 18.0 Å². The number of urea groups is 1. The van der Waals surface area contributed by atoms with Crippen molar-refractivity contribution < 1.29 is 24.6 Å². The van der Waals surface area contributed by atoms with E-state index in [1.165, 1.54) is 11.9 Å². The molecule has 0 saturated heterocycles. The Morgan fingerprint density at radius 1 is 1.35 bits per heavy atom. The van der Waals surface area contributed by atoms with E-state index >= 15 is 0 Å². The molecule has 0 radical (unpaired) electrons. The predicted octanol–water partition coefficient (Wildman–Crippen LogP) is 0.638. The molecule has 0 saturated carbocycles. The molecule has 0 bridgehead atoms. The molecular weight excluding hydrogens is 266 g/mol. The normalized spacial score (nSPS) is 12.8. The van der Waals surface area contributed by atoms with Crippen LogP contribution in [0.1, 0.15) is 32.6 Å². The Labute approximate surface area is 117 Å². The Bertz CT molecular complexity index is 404. The van der Waals surface area contributed by atoms with Gasteiger partial charge in [-0.25, -0.2) is 9.59 Å². The zero-order chi connectivity index (χ0) is 15.7. The van der Waals surface area contributed by atoms with Crippen molar-refractivity contribution in [1.29, 1.82) is 5.26 Å². The molecule has 8 nitrogen and oxygen atoms in total. The number of nitriles is 1. The third kappa shape index (κ3) is 6.58. The minimum Gasteiger partial charge on any atom is -0.481 e. The van der Waals surface area contributed by atoms with Gasteiger partial charge in [0.2, 0.25) is 0 Å². The number of hydrogen-bond acceptors (Lipinski definition) is 4. The minimum atomic E-state index is -1.22. The summed E-state index contributed by atoms with van der Waals surface area (Å²) in [6, 6.07) is -0.158. The predicted molar refractivity (Wildman–Crippen MR) is 68.9 cm³/mol. The molecule has 0 fully saturated rings. The molecule has 0 aliphatic rings. The van der Waals surface area contributed by atoms with Crippen LogP contribution < -0.4 is 5.32 Å². The minimum absolute atomic E-state index is 0.0356. The number of rotatable bonds is 8. The highest BCUT2D eigenvalue weighted by atomic mass is 16.4. The van der Waals surface area contributed by atoms with Crippen LogP contribution >= 0.6 is 0 Å². The number of nitrogens with one attached hydrogen (secondary N) is 1. The van der Waals surface area contributed by atoms with Crippen molar-refractivity contribution in [3.8, 4) is 6.07 Å². The molecule has 3 N–H and O–H groups in total. The van der Waals surface area contributed by atoms with Crippen LogP contribution in [0.2, 0.25) is 0 Å². The van der Waals surface area contributed by atoms with Crippen LogP contribution in [0.5, 0.6) is 0 Å². The lowest BCUT2D eigenvalue weighted by Gasteiger charge is -2.25. The van der Waals surface area contributed by atoms with E-state index in [4.69, 9.17) is 15.5 Å². The fourth-order valence-corrected chi connectivity index (χ4v) is 1.43. The summed E-state index contributed by atoms with van der Waals surface area (Å²) in [6.07, 6.45) is 0.179. The second-order valence-electron chi connectivity index (χ2n) is 4.45. The van der Waals surface area contributed by atoms with Gasteiger partial charge in [0.15, 0.2) is 0 Å². The van der Waals surface area contributed by atoms with Gasteiger partial charge in [0, 0.05) is 19.5 Å². The first-order valence-corrected chi connectivity index (χ1v) is 6.14. The lowest BCUT2D eigenvalue weighted by atomic mass is 10.1. The Kier molecular flexibility index (Phi) is 7.74. The van der Waals surface area contributed by atoms with E-state index in [1.54, 1.807) is 6.92 Å². The molecule has 0 spiro atoms. The number of nitrogens with zero attached hydrogens (tertiary/aromatic N) is 2. The first-order valence-electron chi connectivity index (χ1n) is 6.14. The van der Waals surface area contributed by atoms with E-state index < -0.39 is 24.0 Å². The fraction of sp³-hybridized carbons (Fsp3) is 0.667. The molecule has 20 heavy (non-hydrogen) atoms. The smallest absolute Gasteiger partial charge is 0.326 e. The van der Waals surface area contributed by atoms with Gasteiger partial charge < -0.3 is 20.4 Å². The van der Waals surface area contributed by atoms with Crippen molar-refractivity contribution in [3.63, 3.8) is 0 Å². The quantitative estimate of drug-likeness (QED) is 0.599. The second kappa shape index (κ2) is 8.74. The van der Waals surface area contributed by atoms with Gasteiger partial charge in [-0.1, -0.05) is 0 Å². The molecule has 0 aromatic rings. The molecular formula is C12H19N3O5. The molecule has 0 rings (SSSR count). The monoisotopic (exact) mass is 285 g/mol. The maximum absolute atomic E-state index is 11.8. The van der Waals surface area contributed by atoms with Gasteiger partial charge in [-0.2, -0.15) is 5.26 Å². The maximum atomic E-state index is 11.8. The Morgan fingerprint density at radius 2 is 1.95 bits per heavy atom. The largest absolute Gasteiger partial charge is 0.481 e. The van der Waals surface area contributed by atoms with Crippen molar-refractivity contribution in [2.45, 2.75) is 44.7 Å². The Hall–Kier alpha value is -2.30. The highest BCUT2D eigenvalue weighted by Crippen LogP contribution is 2.05. The number of carboxylic acids is 2. The summed E-state index contributed by atoms with van der Waals surface area (Å²) in [5.74, 6) is -2.23. The van der Waals surface area contributed by atoms with Gasteiger partial charge in [0.05, 0.1) is 12.5 Å². The summed E-state index contributed by atoms with van der Waals surface area (Å²) < 4.78 is 0. The van der Waals surface area contributed by atoms with Crippen molar-refractivity contribution in [2.75, 3.05) is 7.05 Å². The van der Waals surface area contributed by atoms with Crippen LogP contribution in [0.15, 0.2) is 0 Å². The number of amides is 2. The van der Waals surface area contributed by atoms with Crippen LogP contribution in [-0.2, 0) is 9.59 Å². The standard InChI is InChI=1S/C12H19N3O5/c1-8(6-7-13)15(2)12(20)14-9(11(18)19)4-3-5-10(16)17/h8-9H,3-6H2,1-2H3,(H,14,20)(H,16,17)(H,18,19)/t8?,9-/m1/s1. The molecule has 8 heteroatoms. The van der Waals surface area contributed by atoms with E-state index in [2.05, 4.69) is 5.32 Å². The average molecular weight is 285 g/mol. The first kappa shape index (κ1) is 17.7. The zero-order valence-corrected chi connectivity index (χ0v) is 11.5. The van der Waals surface area contributed by atoms with Crippen LogP contribution in [0.3, 0.4) is 0 Å². The molecule has 112 valence electrons. The number of hydrogen-bond donors (Lipinski definition) is 3. The molecule has 0 aromatic carbocycles. The molecule has 2 amide bonds. The number of carbonyl (C=O) groups excluding carboxylic acids is 1. The molecule has 2 atom stereocenters. The SMILES string of the molecule is CC(CC#N)N(C)C(=O)N[C@H](CCCC(=O)O)C(=O)O. The van der Waals surface area contributed by atoms with Crippen LogP contribution in [0.25, 0.3) is 0 Å². The Morgan fingerprint density at radius 3 is 2.40 bits per heavy atom. The van der Waals surface area contributed by atoms with Gasteiger partial charge in [0.1, 0.15) is 6.04 Å². The molecule has 0 heterocycles. The van der Waals surface area contributed by atoms with Gasteiger partial charge in [-0.3, -0.25) is 4.79 Å². The highest BCUT2D eigenvalue weighted by Gasteiger charge is 2.23. The average Bonchev–Trinajstić information content (AvgIpc) is 2.36.